The van der Waals surface area contributed by atoms with Crippen molar-refractivity contribution in [2.75, 3.05) is 7.11 Å². The molecule has 3 heteroatoms. The molecular weight excluding hydrogens is 878 g/mol. The maximum atomic E-state index is 7.00. The van der Waals surface area contributed by atoms with Crippen LogP contribution < -0.4 is 0 Å². The van der Waals surface area contributed by atoms with Gasteiger partial charge in [0.25, 0.3) is 0 Å². The molecule has 3 aliphatic rings. The first kappa shape index (κ1) is 46.4. The molecule has 0 fully saturated rings. The van der Waals surface area contributed by atoms with Gasteiger partial charge in [-0.1, -0.05) is 216 Å². The summed E-state index contributed by atoms with van der Waals surface area (Å²) < 4.78 is 0. The third kappa shape index (κ3) is 10.6. The Balaban J connectivity index is 0.000000331. The van der Waals surface area contributed by atoms with E-state index in [2.05, 4.69) is 221 Å². The quantitative estimate of drug-likeness (QED) is 0.166. The van der Waals surface area contributed by atoms with Gasteiger partial charge in [0.1, 0.15) is 0 Å². The Morgan fingerprint density at radius 3 is 1.60 bits per heavy atom. The van der Waals surface area contributed by atoms with Gasteiger partial charge in [-0.2, -0.15) is 0 Å². The van der Waals surface area contributed by atoms with Crippen LogP contribution in [-0.2, 0) is 5.41 Å². The molecule has 63 heavy (non-hydrogen) atoms. The number of fused-ring (bicyclic) bond motifs is 3. The monoisotopic (exact) mass is 935 g/mol. The van der Waals surface area contributed by atoms with E-state index in [1.165, 1.54) is 78.0 Å². The summed E-state index contributed by atoms with van der Waals surface area (Å²) in [7, 11) is 1.00. The molecule has 2 aliphatic carbocycles. The molecule has 10 rings (SSSR count). The molecule has 0 aromatic heterocycles. The second kappa shape index (κ2) is 21.8. The lowest BCUT2D eigenvalue weighted by molar-refractivity contribution is 0.399. The number of aliphatic hydroxyl groups excluding tert-OH is 1. The summed E-state index contributed by atoms with van der Waals surface area (Å²) >= 11 is 0. The number of aliphatic hydroxyl groups is 1. The Morgan fingerprint density at radius 2 is 0.984 bits per heavy atom. The Kier molecular flexibility index (Phi) is 16.0. The van der Waals surface area contributed by atoms with Gasteiger partial charge in [0.15, 0.2) is 0 Å². The summed E-state index contributed by atoms with van der Waals surface area (Å²) in [5.74, 6) is 0.238. The van der Waals surface area contributed by atoms with Gasteiger partial charge in [0.05, 0.1) is 5.70 Å². The van der Waals surface area contributed by atoms with Crippen LogP contribution in [0.5, 0.6) is 0 Å². The highest BCUT2D eigenvalue weighted by Gasteiger charge is 2.35. The van der Waals surface area contributed by atoms with Crippen LogP contribution in [0.1, 0.15) is 61.9 Å². The highest BCUT2D eigenvalue weighted by atomic mass is 127. The molecule has 0 unspecified atom stereocenters. The minimum absolute atomic E-state index is 0. The lowest BCUT2D eigenvalue weighted by atomic mass is 9.81. The van der Waals surface area contributed by atoms with Gasteiger partial charge >= 0.3 is 0 Å². The number of rotatable bonds is 6. The fourth-order valence-electron chi connectivity index (χ4n) is 8.62. The molecule has 0 amide bonds. The normalized spacial score (nSPS) is 14.0. The number of hydrogen-bond acceptors (Lipinski definition) is 2. The van der Waals surface area contributed by atoms with E-state index in [4.69, 9.17) is 10.1 Å². The zero-order chi connectivity index (χ0) is 43.5. The van der Waals surface area contributed by atoms with Crippen molar-refractivity contribution in [3.05, 3.63) is 240 Å². The van der Waals surface area contributed by atoms with E-state index >= 15 is 0 Å². The average molecular weight is 936 g/mol. The van der Waals surface area contributed by atoms with Crippen molar-refractivity contribution >= 4 is 41.0 Å². The van der Waals surface area contributed by atoms with Gasteiger partial charge in [-0.15, -0.1) is 24.0 Å². The van der Waals surface area contributed by atoms with Crippen LogP contribution in [0.25, 0.3) is 55.8 Å². The zero-order valence-electron chi connectivity index (χ0n) is 37.3. The summed E-state index contributed by atoms with van der Waals surface area (Å²) in [4.78, 5) is 5.31. The minimum atomic E-state index is -0.0220. The maximum Gasteiger partial charge on any atom is 0.0708 e. The number of hydrogen-bond donors (Lipinski definition) is 1. The Bertz CT molecular complexity index is 2720. The van der Waals surface area contributed by atoms with Crippen molar-refractivity contribution in [1.82, 2.24) is 0 Å². The predicted molar refractivity (Wildman–Crippen MR) is 283 cm³/mol. The second-order valence-corrected chi connectivity index (χ2v) is 16.0. The zero-order valence-corrected chi connectivity index (χ0v) is 39.6. The highest BCUT2D eigenvalue weighted by Crippen LogP contribution is 2.49. The van der Waals surface area contributed by atoms with Crippen LogP contribution in [0, 0.1) is 12.8 Å². The van der Waals surface area contributed by atoms with Crippen molar-refractivity contribution in [2.45, 2.75) is 46.5 Å². The van der Waals surface area contributed by atoms with Crippen LogP contribution in [0.3, 0.4) is 0 Å². The molecule has 316 valence electrons. The van der Waals surface area contributed by atoms with Gasteiger partial charge in [-0.05, 0) is 104 Å². The third-order valence-corrected chi connectivity index (χ3v) is 11.7. The van der Waals surface area contributed by atoms with Crippen molar-refractivity contribution in [3.63, 3.8) is 0 Å². The summed E-state index contributed by atoms with van der Waals surface area (Å²) in [5, 5.41) is 7.00. The average Bonchev–Trinajstić information content (AvgIpc) is 3.88. The van der Waals surface area contributed by atoms with Crippen LogP contribution in [0.2, 0.25) is 0 Å². The summed E-state index contributed by atoms with van der Waals surface area (Å²) in [6.07, 6.45) is 14.1. The van der Waals surface area contributed by atoms with Gasteiger partial charge in [0.2, 0.25) is 0 Å². The molecule has 7 aromatic rings. The summed E-state index contributed by atoms with van der Waals surface area (Å²) in [5.41, 5.74) is 20.0. The lowest BCUT2D eigenvalue weighted by Crippen LogP contribution is -2.14. The van der Waals surface area contributed by atoms with Crippen molar-refractivity contribution in [3.8, 4) is 44.5 Å². The topological polar surface area (TPSA) is 32.6 Å². The SMILES string of the molecule is CC.CO.Cc1cc(-c2cccc(C3=CC(c4ccccc4)=CCC(C4C=CC=C4)=N3)c2)cc(-c2ccc3c(c2)C(C)(C)c2ccccc2-3)c1.I.c1ccc(-c2ccccc2)cc1. The van der Waals surface area contributed by atoms with Gasteiger partial charge in [-0.25, -0.2) is 0 Å². The lowest BCUT2D eigenvalue weighted by Gasteiger charge is -2.22. The summed E-state index contributed by atoms with van der Waals surface area (Å²) in [6.45, 7) is 10.9. The standard InChI is InChI=1S/C45H37N.C12H10.C2H6.CH4O.HI/c1-30-24-37(27-38(25-30)34-20-22-40-39-18-9-10-19-41(39)45(2,3)42(40)28-34)33-16-11-17-36(26-33)44-29-35(31-12-5-4-6-13-31)21-23-43(46-44)32-14-7-8-15-32;1-3-7-11(8-4-1)12-9-5-2-6-10-12;2*1-2;/h4-22,24-29,32H,23H2,1-3H3;1-10H;1-2H3;2H,1H3;1H. The molecule has 0 bridgehead atoms. The van der Waals surface area contributed by atoms with E-state index < -0.39 is 0 Å². The molecule has 0 saturated heterocycles. The number of benzene rings is 7. The first-order chi connectivity index (χ1) is 30.4. The largest absolute Gasteiger partial charge is 0.400 e. The number of nitrogens with zero attached hydrogens (tertiary/aromatic N) is 1. The van der Waals surface area contributed by atoms with E-state index in [-0.39, 0.29) is 35.3 Å². The fraction of sp³-hybridized carbons (Fsp3) is 0.150. The highest BCUT2D eigenvalue weighted by molar-refractivity contribution is 14.0. The molecule has 0 saturated carbocycles. The van der Waals surface area contributed by atoms with E-state index in [1.807, 2.05) is 26.0 Å². The Morgan fingerprint density at radius 1 is 0.492 bits per heavy atom. The van der Waals surface area contributed by atoms with Crippen molar-refractivity contribution < 1.29 is 5.11 Å². The number of allylic oxidation sites excluding steroid dienone is 7. The Hall–Kier alpha value is -6.14. The van der Waals surface area contributed by atoms with E-state index in [0.29, 0.717) is 0 Å². The van der Waals surface area contributed by atoms with E-state index in [0.717, 1.165) is 24.8 Å². The first-order valence-electron chi connectivity index (χ1n) is 21.8. The molecule has 2 nitrogen and oxygen atoms in total. The molecule has 0 radical (unpaired) electrons. The van der Waals surface area contributed by atoms with Crippen LogP contribution in [0.15, 0.2) is 217 Å². The molecule has 0 atom stereocenters. The maximum absolute atomic E-state index is 7.00. The fourth-order valence-corrected chi connectivity index (χ4v) is 8.62. The Labute approximate surface area is 392 Å². The van der Waals surface area contributed by atoms with Crippen molar-refractivity contribution in [2.24, 2.45) is 10.9 Å². The summed E-state index contributed by atoms with van der Waals surface area (Å²) in [6, 6.07) is 63.2. The number of aliphatic imine (C=N–C) groups is 1. The van der Waals surface area contributed by atoms with Crippen LogP contribution >= 0.6 is 24.0 Å². The van der Waals surface area contributed by atoms with Gasteiger partial charge in [-0.3, -0.25) is 4.99 Å². The molecule has 7 aromatic carbocycles. The number of halogens is 1. The molecule has 1 aliphatic heterocycles. The van der Waals surface area contributed by atoms with Gasteiger partial charge < -0.3 is 5.11 Å². The molecule has 1 heterocycles. The van der Waals surface area contributed by atoms with Crippen LogP contribution in [0.4, 0.5) is 0 Å². The van der Waals surface area contributed by atoms with E-state index in [9.17, 15) is 0 Å². The van der Waals surface area contributed by atoms with Gasteiger partial charge in [0, 0.05) is 36.1 Å². The molecular formula is C60H58INO. The molecule has 1 N–H and O–H groups in total. The third-order valence-electron chi connectivity index (χ3n) is 11.7. The number of aryl methyl sites for hydroxylation is 1. The molecule has 0 spiro atoms. The van der Waals surface area contributed by atoms with E-state index in [1.54, 1.807) is 0 Å². The van der Waals surface area contributed by atoms with Crippen LogP contribution in [-0.4, -0.2) is 17.9 Å². The van der Waals surface area contributed by atoms with Crippen molar-refractivity contribution in [1.29, 1.82) is 0 Å². The first-order valence-corrected chi connectivity index (χ1v) is 21.8. The minimum Gasteiger partial charge on any atom is -0.400 e. The predicted octanol–water partition coefficient (Wildman–Crippen LogP) is 16.3. The smallest absolute Gasteiger partial charge is 0.0708 e. The second-order valence-electron chi connectivity index (χ2n) is 16.0.